The summed E-state index contributed by atoms with van der Waals surface area (Å²) in [5.41, 5.74) is 0.966. The lowest BCUT2D eigenvalue weighted by Gasteiger charge is -2.35. The summed E-state index contributed by atoms with van der Waals surface area (Å²) in [5.74, 6) is 2.55. The minimum Gasteiger partial charge on any atom is -0.360 e. The summed E-state index contributed by atoms with van der Waals surface area (Å²) in [7, 11) is 0. The standard InChI is InChI=1S/C20H32N4S/c1-15-11-16(2)14-24(13-15)19-10-9-18(12-21-19)23-20(25)22-17-7-5-3-4-6-8-17/h9-10,12,15-17H,3-8,11,13-14H2,1-2H3,(H2,22,23,25)/t15-,16-/m0/s1. The molecule has 25 heavy (non-hydrogen) atoms. The fourth-order valence-corrected chi connectivity index (χ4v) is 4.56. The zero-order valence-electron chi connectivity index (χ0n) is 15.6. The van der Waals surface area contributed by atoms with Crippen LogP contribution in [0.3, 0.4) is 0 Å². The average molecular weight is 361 g/mol. The van der Waals surface area contributed by atoms with E-state index >= 15 is 0 Å². The van der Waals surface area contributed by atoms with E-state index in [4.69, 9.17) is 12.2 Å². The van der Waals surface area contributed by atoms with E-state index in [2.05, 4.69) is 46.5 Å². The molecule has 2 atom stereocenters. The van der Waals surface area contributed by atoms with Crippen LogP contribution in [0, 0.1) is 11.8 Å². The Hall–Kier alpha value is -1.36. The highest BCUT2D eigenvalue weighted by Crippen LogP contribution is 2.25. The molecule has 1 aromatic rings. The van der Waals surface area contributed by atoms with Crippen LogP contribution in [0.15, 0.2) is 18.3 Å². The largest absolute Gasteiger partial charge is 0.360 e. The van der Waals surface area contributed by atoms with Crippen LogP contribution in [-0.4, -0.2) is 29.2 Å². The highest BCUT2D eigenvalue weighted by atomic mass is 32.1. The molecule has 0 unspecified atom stereocenters. The smallest absolute Gasteiger partial charge is 0.171 e. The number of anilines is 2. The van der Waals surface area contributed by atoms with Gasteiger partial charge in [-0.25, -0.2) is 4.98 Å². The van der Waals surface area contributed by atoms with Crippen LogP contribution < -0.4 is 15.5 Å². The zero-order valence-corrected chi connectivity index (χ0v) is 16.4. The van der Waals surface area contributed by atoms with Crippen molar-refractivity contribution in [2.75, 3.05) is 23.3 Å². The molecular weight excluding hydrogens is 328 g/mol. The van der Waals surface area contributed by atoms with E-state index in [0.29, 0.717) is 6.04 Å². The third kappa shape index (κ3) is 5.56. The van der Waals surface area contributed by atoms with Gasteiger partial charge in [0, 0.05) is 19.1 Å². The van der Waals surface area contributed by atoms with Gasteiger partial charge in [0.15, 0.2) is 5.11 Å². The first kappa shape index (κ1) is 18.4. The average Bonchev–Trinajstić information content (AvgIpc) is 2.83. The number of thiocarbonyl (C=S) groups is 1. The van der Waals surface area contributed by atoms with Crippen molar-refractivity contribution in [3.05, 3.63) is 18.3 Å². The predicted octanol–water partition coefficient (Wildman–Crippen LogP) is 4.57. The number of piperidine rings is 1. The van der Waals surface area contributed by atoms with Crippen molar-refractivity contribution in [3.63, 3.8) is 0 Å². The number of nitrogens with zero attached hydrogens (tertiary/aromatic N) is 2. The van der Waals surface area contributed by atoms with Crippen molar-refractivity contribution in [3.8, 4) is 0 Å². The first-order chi connectivity index (χ1) is 12.1. The molecule has 2 fully saturated rings. The van der Waals surface area contributed by atoms with E-state index in [1.165, 1.54) is 44.9 Å². The summed E-state index contributed by atoms with van der Waals surface area (Å²) in [4.78, 5) is 7.07. The summed E-state index contributed by atoms with van der Waals surface area (Å²) in [6, 6.07) is 4.72. The van der Waals surface area contributed by atoms with E-state index < -0.39 is 0 Å². The molecule has 5 heteroatoms. The van der Waals surface area contributed by atoms with Crippen molar-refractivity contribution >= 4 is 28.8 Å². The van der Waals surface area contributed by atoms with Gasteiger partial charge in [-0.1, -0.05) is 39.5 Å². The Morgan fingerprint density at radius 2 is 1.76 bits per heavy atom. The maximum Gasteiger partial charge on any atom is 0.171 e. The SMILES string of the molecule is C[C@H]1C[C@H](C)CN(c2ccc(NC(=S)NC3CCCCCC3)cn2)C1. The number of hydrogen-bond acceptors (Lipinski definition) is 3. The minimum absolute atomic E-state index is 0.519. The number of hydrogen-bond donors (Lipinski definition) is 2. The second kappa shape index (κ2) is 8.84. The fraction of sp³-hybridized carbons (Fsp3) is 0.700. The molecule has 0 spiro atoms. The van der Waals surface area contributed by atoms with Gasteiger partial charge in [-0.2, -0.15) is 0 Å². The Bertz CT molecular complexity index is 541. The molecule has 0 aromatic carbocycles. The highest BCUT2D eigenvalue weighted by molar-refractivity contribution is 7.80. The molecule has 2 aliphatic rings. The van der Waals surface area contributed by atoms with Crippen molar-refractivity contribution in [2.45, 2.75) is 64.8 Å². The molecule has 2 N–H and O–H groups in total. The molecule has 138 valence electrons. The van der Waals surface area contributed by atoms with Crippen LogP contribution in [0.1, 0.15) is 58.8 Å². The molecule has 1 saturated carbocycles. The normalized spacial score (nSPS) is 25.3. The maximum absolute atomic E-state index is 5.49. The highest BCUT2D eigenvalue weighted by Gasteiger charge is 2.22. The first-order valence-corrected chi connectivity index (χ1v) is 10.3. The van der Waals surface area contributed by atoms with E-state index in [0.717, 1.165) is 41.5 Å². The van der Waals surface area contributed by atoms with Gasteiger partial charge in [-0.15, -0.1) is 0 Å². The second-order valence-electron chi connectivity index (χ2n) is 8.04. The van der Waals surface area contributed by atoms with Gasteiger partial charge in [0.2, 0.25) is 0 Å². The van der Waals surface area contributed by atoms with Crippen LogP contribution >= 0.6 is 12.2 Å². The van der Waals surface area contributed by atoms with Crippen LogP contribution in [0.5, 0.6) is 0 Å². The molecule has 1 saturated heterocycles. The third-order valence-corrected chi connectivity index (χ3v) is 5.61. The number of rotatable bonds is 3. The summed E-state index contributed by atoms with van der Waals surface area (Å²) in [6.45, 7) is 6.86. The van der Waals surface area contributed by atoms with Crippen molar-refractivity contribution < 1.29 is 0 Å². The molecule has 0 amide bonds. The van der Waals surface area contributed by atoms with E-state index in [9.17, 15) is 0 Å². The number of aromatic nitrogens is 1. The molecule has 4 nitrogen and oxygen atoms in total. The molecule has 0 bridgehead atoms. The molecular formula is C20H32N4S. The van der Waals surface area contributed by atoms with Gasteiger partial charge in [-0.3, -0.25) is 0 Å². The van der Waals surface area contributed by atoms with Gasteiger partial charge < -0.3 is 15.5 Å². The van der Waals surface area contributed by atoms with Crippen LogP contribution in [-0.2, 0) is 0 Å². The third-order valence-electron chi connectivity index (χ3n) is 5.39. The van der Waals surface area contributed by atoms with Crippen LogP contribution in [0.2, 0.25) is 0 Å². The molecule has 2 heterocycles. The zero-order chi connectivity index (χ0) is 17.6. The summed E-state index contributed by atoms with van der Waals surface area (Å²) < 4.78 is 0. The lowest BCUT2D eigenvalue weighted by Crippen LogP contribution is -2.39. The Balaban J connectivity index is 1.52. The second-order valence-corrected chi connectivity index (χ2v) is 8.45. The summed E-state index contributed by atoms with van der Waals surface area (Å²) in [5, 5.41) is 7.50. The summed E-state index contributed by atoms with van der Waals surface area (Å²) in [6.07, 6.45) is 11.0. The van der Waals surface area contributed by atoms with Crippen LogP contribution in [0.25, 0.3) is 0 Å². The number of pyridine rings is 1. The Morgan fingerprint density at radius 3 is 2.36 bits per heavy atom. The van der Waals surface area contributed by atoms with Gasteiger partial charge in [0.05, 0.1) is 11.9 Å². The predicted molar refractivity (Wildman–Crippen MR) is 110 cm³/mol. The van der Waals surface area contributed by atoms with Gasteiger partial charge in [0.25, 0.3) is 0 Å². The fourth-order valence-electron chi connectivity index (χ4n) is 4.27. The lowest BCUT2D eigenvalue weighted by atomic mass is 9.92. The molecule has 1 aliphatic heterocycles. The topological polar surface area (TPSA) is 40.2 Å². The summed E-state index contributed by atoms with van der Waals surface area (Å²) >= 11 is 5.49. The monoisotopic (exact) mass is 360 g/mol. The lowest BCUT2D eigenvalue weighted by molar-refractivity contribution is 0.355. The van der Waals surface area contributed by atoms with Crippen molar-refractivity contribution in [2.24, 2.45) is 11.8 Å². The van der Waals surface area contributed by atoms with E-state index in [-0.39, 0.29) is 0 Å². The minimum atomic E-state index is 0.519. The van der Waals surface area contributed by atoms with E-state index in [1.54, 1.807) is 0 Å². The molecule has 1 aliphatic carbocycles. The van der Waals surface area contributed by atoms with E-state index in [1.807, 2.05) is 6.20 Å². The quantitative estimate of drug-likeness (QED) is 0.610. The van der Waals surface area contributed by atoms with Crippen LogP contribution in [0.4, 0.5) is 11.5 Å². The first-order valence-electron chi connectivity index (χ1n) is 9.88. The Morgan fingerprint density at radius 1 is 1.08 bits per heavy atom. The Labute approximate surface area is 157 Å². The van der Waals surface area contributed by atoms with Crippen molar-refractivity contribution in [1.29, 1.82) is 0 Å². The number of nitrogens with one attached hydrogen (secondary N) is 2. The van der Waals surface area contributed by atoms with Gasteiger partial charge in [-0.05, 0) is 55.4 Å². The van der Waals surface area contributed by atoms with Gasteiger partial charge in [0.1, 0.15) is 5.82 Å². The maximum atomic E-state index is 5.49. The van der Waals surface area contributed by atoms with Gasteiger partial charge >= 0.3 is 0 Å². The molecule has 3 rings (SSSR count). The molecule has 0 radical (unpaired) electrons. The Kier molecular flexibility index (Phi) is 6.51. The molecule has 1 aromatic heterocycles. The van der Waals surface area contributed by atoms with Crippen molar-refractivity contribution in [1.82, 2.24) is 10.3 Å².